The highest BCUT2D eigenvalue weighted by Crippen LogP contribution is 2.48. The Morgan fingerprint density at radius 2 is 1.67 bits per heavy atom. The van der Waals surface area contributed by atoms with Gasteiger partial charge in [-0.15, -0.1) is 0 Å². The summed E-state index contributed by atoms with van der Waals surface area (Å²) in [6, 6.07) is 14.8. The zero-order chi connectivity index (χ0) is 20.4. The molecule has 2 aromatic carbocycles. The Labute approximate surface area is 179 Å². The van der Waals surface area contributed by atoms with Crippen LogP contribution in [0, 0.1) is 0 Å². The molecule has 0 aromatic heterocycles. The van der Waals surface area contributed by atoms with Crippen LogP contribution in [0.1, 0.15) is 56.9 Å². The standard InChI is InChI=1S/C26H32N2O2/c29-25-26(12-3-1-4-13-26)23-19-21(10-11-24(23)27-25)20-8-7-9-22(18-20)30-17-16-28-14-5-2-6-15-28/h7-11,18-19H,1-6,12-17H2,(H,27,29). The van der Waals surface area contributed by atoms with Gasteiger partial charge in [-0.3, -0.25) is 9.69 Å². The first-order valence-electron chi connectivity index (χ1n) is 11.7. The summed E-state index contributed by atoms with van der Waals surface area (Å²) in [6.45, 7) is 4.13. The van der Waals surface area contributed by atoms with Gasteiger partial charge >= 0.3 is 0 Å². The number of nitrogens with one attached hydrogen (secondary N) is 1. The third-order valence-corrected chi connectivity index (χ3v) is 7.22. The number of hydrogen-bond acceptors (Lipinski definition) is 3. The number of carbonyl (C=O) groups excluding carboxylic acids is 1. The highest BCUT2D eigenvalue weighted by Gasteiger charge is 2.47. The number of rotatable bonds is 5. The van der Waals surface area contributed by atoms with Gasteiger partial charge in [0.2, 0.25) is 5.91 Å². The van der Waals surface area contributed by atoms with Crippen molar-refractivity contribution in [2.75, 3.05) is 31.6 Å². The van der Waals surface area contributed by atoms with Crippen LogP contribution in [0.2, 0.25) is 0 Å². The van der Waals surface area contributed by atoms with Crippen molar-refractivity contribution in [1.29, 1.82) is 0 Å². The van der Waals surface area contributed by atoms with Crippen molar-refractivity contribution in [2.45, 2.75) is 56.8 Å². The number of anilines is 1. The average molecular weight is 405 g/mol. The molecular weight excluding hydrogens is 372 g/mol. The van der Waals surface area contributed by atoms with Gasteiger partial charge in [0.25, 0.3) is 0 Å². The van der Waals surface area contributed by atoms with E-state index in [1.165, 1.54) is 44.3 Å². The van der Waals surface area contributed by atoms with E-state index in [0.29, 0.717) is 0 Å². The number of ether oxygens (including phenoxy) is 1. The summed E-state index contributed by atoms with van der Waals surface area (Å²) in [7, 11) is 0. The van der Waals surface area contributed by atoms with Crippen LogP contribution in [0.4, 0.5) is 5.69 Å². The number of piperidine rings is 1. The van der Waals surface area contributed by atoms with Crippen LogP contribution in [-0.4, -0.2) is 37.0 Å². The second kappa shape index (κ2) is 8.43. The number of hydrogen-bond donors (Lipinski definition) is 1. The van der Waals surface area contributed by atoms with Gasteiger partial charge < -0.3 is 10.1 Å². The fourth-order valence-corrected chi connectivity index (χ4v) is 5.49. The Morgan fingerprint density at radius 1 is 0.900 bits per heavy atom. The molecule has 2 aromatic rings. The molecule has 1 spiro atoms. The first-order valence-corrected chi connectivity index (χ1v) is 11.7. The number of fused-ring (bicyclic) bond motifs is 2. The highest BCUT2D eigenvalue weighted by atomic mass is 16.5. The number of benzene rings is 2. The lowest BCUT2D eigenvalue weighted by molar-refractivity contribution is -0.121. The van der Waals surface area contributed by atoms with E-state index in [0.717, 1.165) is 61.4 Å². The van der Waals surface area contributed by atoms with Crippen LogP contribution in [0.15, 0.2) is 42.5 Å². The Hall–Kier alpha value is -2.33. The maximum atomic E-state index is 12.8. The maximum absolute atomic E-state index is 12.8. The number of likely N-dealkylation sites (tertiary alicyclic amines) is 1. The molecule has 0 atom stereocenters. The van der Waals surface area contributed by atoms with E-state index < -0.39 is 0 Å². The van der Waals surface area contributed by atoms with E-state index >= 15 is 0 Å². The van der Waals surface area contributed by atoms with Crippen LogP contribution < -0.4 is 10.1 Å². The van der Waals surface area contributed by atoms with Gasteiger partial charge in [-0.2, -0.15) is 0 Å². The van der Waals surface area contributed by atoms with Gasteiger partial charge in [-0.05, 0) is 79.7 Å². The third-order valence-electron chi connectivity index (χ3n) is 7.22. The van der Waals surface area contributed by atoms with Crippen LogP contribution >= 0.6 is 0 Å². The largest absolute Gasteiger partial charge is 0.492 e. The molecule has 2 heterocycles. The molecule has 1 saturated heterocycles. The molecule has 158 valence electrons. The SMILES string of the molecule is O=C1Nc2ccc(-c3cccc(OCCN4CCCCC4)c3)cc2C12CCCCC2. The number of carbonyl (C=O) groups is 1. The molecule has 2 aliphatic heterocycles. The van der Waals surface area contributed by atoms with Crippen LogP contribution in [0.3, 0.4) is 0 Å². The lowest BCUT2D eigenvalue weighted by Crippen LogP contribution is -2.36. The number of amides is 1. The highest BCUT2D eigenvalue weighted by molar-refractivity contribution is 6.06. The molecule has 5 rings (SSSR count). The first-order chi connectivity index (χ1) is 14.7. The van der Waals surface area contributed by atoms with Gasteiger partial charge in [-0.1, -0.05) is 43.9 Å². The van der Waals surface area contributed by atoms with Crippen molar-refractivity contribution in [3.8, 4) is 16.9 Å². The molecule has 1 saturated carbocycles. The molecule has 4 heteroatoms. The third kappa shape index (κ3) is 3.74. The van der Waals surface area contributed by atoms with Crippen molar-refractivity contribution in [1.82, 2.24) is 4.90 Å². The van der Waals surface area contributed by atoms with Crippen LogP contribution in [0.25, 0.3) is 11.1 Å². The summed E-state index contributed by atoms with van der Waals surface area (Å²) in [5.41, 5.74) is 4.20. The minimum atomic E-state index is -0.313. The molecule has 4 nitrogen and oxygen atoms in total. The van der Waals surface area contributed by atoms with Gasteiger partial charge in [0.15, 0.2) is 0 Å². The van der Waals surface area contributed by atoms with Crippen molar-refractivity contribution in [3.63, 3.8) is 0 Å². The van der Waals surface area contributed by atoms with Crippen molar-refractivity contribution < 1.29 is 9.53 Å². The van der Waals surface area contributed by atoms with Gasteiger partial charge in [0.1, 0.15) is 12.4 Å². The molecule has 2 fully saturated rings. The summed E-state index contributed by atoms with van der Waals surface area (Å²) in [4.78, 5) is 15.3. The minimum absolute atomic E-state index is 0.198. The van der Waals surface area contributed by atoms with E-state index in [9.17, 15) is 4.79 Å². The average Bonchev–Trinajstić information content (AvgIpc) is 3.05. The minimum Gasteiger partial charge on any atom is -0.492 e. The van der Waals surface area contributed by atoms with Gasteiger partial charge in [0, 0.05) is 12.2 Å². The molecule has 0 radical (unpaired) electrons. The normalized spacial score (nSPS) is 20.7. The lowest BCUT2D eigenvalue weighted by Gasteiger charge is -2.31. The summed E-state index contributed by atoms with van der Waals surface area (Å²) in [5, 5.41) is 3.14. The zero-order valence-corrected chi connectivity index (χ0v) is 17.8. The number of nitrogens with zero attached hydrogens (tertiary/aromatic N) is 1. The predicted octanol–water partition coefficient (Wildman–Crippen LogP) is 5.37. The smallest absolute Gasteiger partial charge is 0.235 e. The molecule has 1 aliphatic carbocycles. The van der Waals surface area contributed by atoms with E-state index in [2.05, 4.69) is 46.6 Å². The Kier molecular flexibility index (Phi) is 5.51. The van der Waals surface area contributed by atoms with Crippen LogP contribution in [0.5, 0.6) is 5.75 Å². The van der Waals surface area contributed by atoms with E-state index in [4.69, 9.17) is 4.74 Å². The monoisotopic (exact) mass is 404 g/mol. The summed E-state index contributed by atoms with van der Waals surface area (Å²) in [5.74, 6) is 1.12. The summed E-state index contributed by atoms with van der Waals surface area (Å²) < 4.78 is 6.08. The zero-order valence-electron chi connectivity index (χ0n) is 17.8. The molecule has 1 amide bonds. The van der Waals surface area contributed by atoms with Crippen LogP contribution in [-0.2, 0) is 10.2 Å². The Balaban J connectivity index is 1.33. The van der Waals surface area contributed by atoms with E-state index in [1.807, 2.05) is 6.07 Å². The second-order valence-electron chi connectivity index (χ2n) is 9.14. The molecule has 3 aliphatic rings. The Bertz CT molecular complexity index is 911. The van der Waals surface area contributed by atoms with E-state index in [1.54, 1.807) is 0 Å². The second-order valence-corrected chi connectivity index (χ2v) is 9.14. The Morgan fingerprint density at radius 3 is 2.50 bits per heavy atom. The molecule has 0 unspecified atom stereocenters. The van der Waals surface area contributed by atoms with Gasteiger partial charge in [0.05, 0.1) is 5.41 Å². The quantitative estimate of drug-likeness (QED) is 0.728. The maximum Gasteiger partial charge on any atom is 0.235 e. The summed E-state index contributed by atoms with van der Waals surface area (Å²) >= 11 is 0. The topological polar surface area (TPSA) is 41.6 Å². The van der Waals surface area contributed by atoms with Crippen molar-refractivity contribution >= 4 is 11.6 Å². The summed E-state index contributed by atoms with van der Waals surface area (Å²) in [6.07, 6.45) is 9.43. The predicted molar refractivity (Wildman–Crippen MR) is 121 cm³/mol. The van der Waals surface area contributed by atoms with Gasteiger partial charge in [-0.25, -0.2) is 0 Å². The fraction of sp³-hybridized carbons (Fsp3) is 0.500. The molecule has 30 heavy (non-hydrogen) atoms. The first kappa shape index (κ1) is 19.6. The lowest BCUT2D eigenvalue weighted by atomic mass is 9.70. The van der Waals surface area contributed by atoms with Crippen molar-refractivity contribution in [2.24, 2.45) is 0 Å². The molecule has 1 N–H and O–H groups in total. The van der Waals surface area contributed by atoms with E-state index in [-0.39, 0.29) is 11.3 Å². The molecular formula is C26H32N2O2. The van der Waals surface area contributed by atoms with Crippen molar-refractivity contribution in [3.05, 3.63) is 48.0 Å². The fourth-order valence-electron chi connectivity index (χ4n) is 5.49. The molecule has 0 bridgehead atoms.